The summed E-state index contributed by atoms with van der Waals surface area (Å²) in [5.41, 5.74) is 0.933. The molecular weight excluding hydrogens is 214 g/mol. The van der Waals surface area contributed by atoms with Crippen LogP contribution in [0.5, 0.6) is 5.88 Å². The monoisotopic (exact) mass is 235 g/mol. The Morgan fingerprint density at radius 3 is 2.94 bits per heavy atom. The zero-order chi connectivity index (χ0) is 12.1. The number of rotatable bonds is 7. The molecule has 4 heteroatoms. The van der Waals surface area contributed by atoms with E-state index in [0.717, 1.165) is 31.2 Å². The third kappa shape index (κ3) is 4.69. The van der Waals surface area contributed by atoms with E-state index in [-0.39, 0.29) is 0 Å². The molecule has 1 saturated carbocycles. The van der Waals surface area contributed by atoms with Crippen LogP contribution in [0.25, 0.3) is 0 Å². The predicted octanol–water partition coefficient (Wildman–Crippen LogP) is 2.15. The van der Waals surface area contributed by atoms with Gasteiger partial charge in [-0.25, -0.2) is 4.98 Å². The van der Waals surface area contributed by atoms with Gasteiger partial charge >= 0.3 is 0 Å². The molecule has 4 nitrogen and oxygen atoms in total. The summed E-state index contributed by atoms with van der Waals surface area (Å²) in [6, 6.07) is 0.455. The maximum absolute atomic E-state index is 5.60. The van der Waals surface area contributed by atoms with E-state index in [4.69, 9.17) is 4.74 Å². The summed E-state index contributed by atoms with van der Waals surface area (Å²) < 4.78 is 5.60. The van der Waals surface area contributed by atoms with E-state index in [0.29, 0.717) is 11.9 Å². The molecule has 0 radical (unpaired) electrons. The van der Waals surface area contributed by atoms with Gasteiger partial charge in [-0.1, -0.05) is 26.7 Å². The van der Waals surface area contributed by atoms with Crippen LogP contribution in [0.1, 0.15) is 38.8 Å². The van der Waals surface area contributed by atoms with Crippen LogP contribution in [0.15, 0.2) is 12.4 Å². The van der Waals surface area contributed by atoms with Gasteiger partial charge in [0.15, 0.2) is 0 Å². The van der Waals surface area contributed by atoms with Gasteiger partial charge in [0.05, 0.1) is 18.5 Å². The van der Waals surface area contributed by atoms with Gasteiger partial charge in [0.2, 0.25) is 5.88 Å². The van der Waals surface area contributed by atoms with E-state index in [1.165, 1.54) is 12.8 Å². The number of nitrogens with zero attached hydrogens (tertiary/aromatic N) is 2. The Bertz CT molecular complexity index is 350. The lowest BCUT2D eigenvalue weighted by Gasteiger charge is -2.08. The van der Waals surface area contributed by atoms with Crippen molar-refractivity contribution >= 4 is 0 Å². The van der Waals surface area contributed by atoms with Crippen molar-refractivity contribution in [1.29, 1.82) is 0 Å². The molecule has 1 aromatic heterocycles. The van der Waals surface area contributed by atoms with Crippen molar-refractivity contribution in [3.05, 3.63) is 18.1 Å². The van der Waals surface area contributed by atoms with Crippen molar-refractivity contribution in [2.45, 2.75) is 45.7 Å². The highest BCUT2D eigenvalue weighted by Gasteiger charge is 2.20. The molecule has 94 valence electrons. The molecule has 1 N–H and O–H groups in total. The number of hydrogen-bond donors (Lipinski definition) is 1. The first-order chi connectivity index (χ1) is 8.24. The molecule has 1 aromatic rings. The third-order valence-corrected chi connectivity index (χ3v) is 2.83. The van der Waals surface area contributed by atoms with Crippen molar-refractivity contribution in [2.24, 2.45) is 5.92 Å². The summed E-state index contributed by atoms with van der Waals surface area (Å²) in [6.45, 7) is 5.73. The standard InChI is InChI=1S/C13H21N3O/c1-10(2)15-8-12-7-14-9-13(16-12)17-6-5-11-3-4-11/h7,9-11,15H,3-6,8H2,1-2H3. The highest BCUT2D eigenvalue weighted by atomic mass is 16.5. The molecule has 0 spiro atoms. The molecule has 17 heavy (non-hydrogen) atoms. The van der Waals surface area contributed by atoms with Gasteiger partial charge in [-0.05, 0) is 12.3 Å². The van der Waals surface area contributed by atoms with Gasteiger partial charge in [-0.15, -0.1) is 0 Å². The van der Waals surface area contributed by atoms with Crippen LogP contribution >= 0.6 is 0 Å². The minimum atomic E-state index is 0.455. The Hall–Kier alpha value is -1.16. The van der Waals surface area contributed by atoms with E-state index < -0.39 is 0 Å². The highest BCUT2D eigenvalue weighted by molar-refractivity contribution is 5.08. The largest absolute Gasteiger partial charge is 0.477 e. The predicted molar refractivity (Wildman–Crippen MR) is 66.8 cm³/mol. The molecule has 0 unspecified atom stereocenters. The van der Waals surface area contributed by atoms with Crippen LogP contribution in [-0.2, 0) is 6.54 Å². The van der Waals surface area contributed by atoms with Gasteiger partial charge in [0.25, 0.3) is 0 Å². The van der Waals surface area contributed by atoms with Crippen molar-refractivity contribution < 1.29 is 4.74 Å². The third-order valence-electron chi connectivity index (χ3n) is 2.83. The maximum atomic E-state index is 5.60. The summed E-state index contributed by atoms with van der Waals surface area (Å²) >= 11 is 0. The minimum Gasteiger partial charge on any atom is -0.477 e. The molecule has 0 amide bonds. The minimum absolute atomic E-state index is 0.455. The van der Waals surface area contributed by atoms with Crippen molar-refractivity contribution in [1.82, 2.24) is 15.3 Å². The molecule has 0 bridgehead atoms. The Morgan fingerprint density at radius 1 is 1.41 bits per heavy atom. The van der Waals surface area contributed by atoms with Crippen molar-refractivity contribution in [3.8, 4) is 5.88 Å². The van der Waals surface area contributed by atoms with E-state index in [9.17, 15) is 0 Å². The number of hydrogen-bond acceptors (Lipinski definition) is 4. The lowest BCUT2D eigenvalue weighted by Crippen LogP contribution is -2.22. The number of ether oxygens (including phenoxy) is 1. The fraction of sp³-hybridized carbons (Fsp3) is 0.692. The lowest BCUT2D eigenvalue weighted by atomic mass is 10.3. The Labute approximate surface area is 103 Å². The number of nitrogens with one attached hydrogen (secondary N) is 1. The average Bonchev–Trinajstić information content (AvgIpc) is 3.11. The second-order valence-electron chi connectivity index (χ2n) is 4.96. The molecule has 1 heterocycles. The normalized spacial score (nSPS) is 15.2. The molecule has 1 aliphatic rings. The van der Waals surface area contributed by atoms with Crippen LogP contribution in [0, 0.1) is 5.92 Å². The average molecular weight is 235 g/mol. The van der Waals surface area contributed by atoms with E-state index in [2.05, 4.69) is 29.1 Å². The Kier molecular flexibility index (Phi) is 4.31. The van der Waals surface area contributed by atoms with Crippen molar-refractivity contribution in [3.63, 3.8) is 0 Å². The van der Waals surface area contributed by atoms with E-state index in [1.54, 1.807) is 12.4 Å². The smallest absolute Gasteiger partial charge is 0.232 e. The Balaban J connectivity index is 1.77. The van der Waals surface area contributed by atoms with Crippen LogP contribution in [0.2, 0.25) is 0 Å². The van der Waals surface area contributed by atoms with Gasteiger partial charge in [0, 0.05) is 18.8 Å². The fourth-order valence-corrected chi connectivity index (χ4v) is 1.59. The molecule has 0 aliphatic heterocycles. The topological polar surface area (TPSA) is 47.0 Å². The first kappa shape index (κ1) is 12.3. The van der Waals surface area contributed by atoms with Gasteiger partial charge < -0.3 is 10.1 Å². The molecule has 0 atom stereocenters. The van der Waals surface area contributed by atoms with Gasteiger partial charge in [-0.2, -0.15) is 0 Å². The SMILES string of the molecule is CC(C)NCc1cncc(OCCC2CC2)n1. The van der Waals surface area contributed by atoms with E-state index >= 15 is 0 Å². The maximum Gasteiger partial charge on any atom is 0.232 e. The van der Waals surface area contributed by atoms with Crippen molar-refractivity contribution in [2.75, 3.05) is 6.61 Å². The zero-order valence-electron chi connectivity index (χ0n) is 10.6. The molecular formula is C13H21N3O. The second-order valence-corrected chi connectivity index (χ2v) is 4.96. The van der Waals surface area contributed by atoms with Crippen LogP contribution < -0.4 is 10.1 Å². The van der Waals surface area contributed by atoms with Gasteiger partial charge in [-0.3, -0.25) is 4.98 Å². The molecule has 0 saturated heterocycles. The lowest BCUT2D eigenvalue weighted by molar-refractivity contribution is 0.289. The summed E-state index contributed by atoms with van der Waals surface area (Å²) in [5.74, 6) is 1.54. The van der Waals surface area contributed by atoms with Crippen LogP contribution in [0.3, 0.4) is 0 Å². The molecule has 1 aliphatic carbocycles. The van der Waals surface area contributed by atoms with Crippen LogP contribution in [-0.4, -0.2) is 22.6 Å². The summed E-state index contributed by atoms with van der Waals surface area (Å²) in [7, 11) is 0. The van der Waals surface area contributed by atoms with Gasteiger partial charge in [0.1, 0.15) is 0 Å². The highest BCUT2D eigenvalue weighted by Crippen LogP contribution is 2.32. The molecule has 2 rings (SSSR count). The fourth-order valence-electron chi connectivity index (χ4n) is 1.59. The summed E-state index contributed by atoms with van der Waals surface area (Å²) in [6.07, 6.45) is 7.35. The quantitative estimate of drug-likeness (QED) is 0.786. The first-order valence-corrected chi connectivity index (χ1v) is 6.41. The molecule has 0 aromatic carbocycles. The van der Waals surface area contributed by atoms with E-state index in [1.807, 2.05) is 0 Å². The molecule has 1 fully saturated rings. The summed E-state index contributed by atoms with van der Waals surface area (Å²) in [5, 5.41) is 3.32. The summed E-state index contributed by atoms with van der Waals surface area (Å²) in [4.78, 5) is 8.56. The first-order valence-electron chi connectivity index (χ1n) is 6.41. The zero-order valence-corrected chi connectivity index (χ0v) is 10.6. The van der Waals surface area contributed by atoms with Crippen LogP contribution in [0.4, 0.5) is 0 Å². The Morgan fingerprint density at radius 2 is 2.24 bits per heavy atom. The second kappa shape index (κ2) is 5.96. The number of aromatic nitrogens is 2.